The lowest BCUT2D eigenvalue weighted by Gasteiger charge is -2.20. The van der Waals surface area contributed by atoms with Gasteiger partial charge in [0.15, 0.2) is 5.82 Å². The predicted octanol–water partition coefficient (Wildman–Crippen LogP) is 2.65. The first kappa shape index (κ1) is 14.0. The lowest BCUT2D eigenvalue weighted by atomic mass is 10.1. The summed E-state index contributed by atoms with van der Waals surface area (Å²) >= 11 is 0. The van der Waals surface area contributed by atoms with Gasteiger partial charge in [-0.1, -0.05) is 5.16 Å². The Balaban J connectivity index is 2.04. The molecule has 0 fully saturated rings. The smallest absolute Gasteiger partial charge is 0.270 e. The van der Waals surface area contributed by atoms with Crippen molar-refractivity contribution in [2.75, 3.05) is 5.32 Å². The molecule has 106 valence electrons. The van der Waals surface area contributed by atoms with Gasteiger partial charge in [0.25, 0.3) is 5.91 Å². The number of rotatable bonds is 3. The van der Waals surface area contributed by atoms with E-state index in [0.29, 0.717) is 11.5 Å². The molecule has 2 N–H and O–H groups in total. The van der Waals surface area contributed by atoms with Crippen molar-refractivity contribution in [3.05, 3.63) is 35.9 Å². The molecule has 2 aromatic rings. The molecule has 20 heavy (non-hydrogen) atoms. The summed E-state index contributed by atoms with van der Waals surface area (Å²) in [4.78, 5) is 16.0. The zero-order chi connectivity index (χ0) is 14.8. The maximum Gasteiger partial charge on any atom is 0.270 e. The van der Waals surface area contributed by atoms with Crippen molar-refractivity contribution in [2.24, 2.45) is 0 Å². The van der Waals surface area contributed by atoms with E-state index in [2.05, 4.69) is 20.8 Å². The highest BCUT2D eigenvalue weighted by molar-refractivity contribution is 5.92. The van der Waals surface area contributed by atoms with Gasteiger partial charge in [0.2, 0.25) is 0 Å². The fourth-order valence-corrected chi connectivity index (χ4v) is 1.58. The normalized spacial score (nSPS) is 11.2. The van der Waals surface area contributed by atoms with E-state index >= 15 is 0 Å². The monoisotopic (exact) mass is 274 g/mol. The largest absolute Gasteiger partial charge is 0.360 e. The minimum atomic E-state index is -0.284. The molecule has 0 radical (unpaired) electrons. The van der Waals surface area contributed by atoms with Crippen molar-refractivity contribution >= 4 is 17.4 Å². The number of amides is 1. The molecular formula is C14H18N4O2. The van der Waals surface area contributed by atoms with Crippen LogP contribution < -0.4 is 10.6 Å². The van der Waals surface area contributed by atoms with Crippen molar-refractivity contribution in [2.45, 2.75) is 33.2 Å². The third-order valence-corrected chi connectivity index (χ3v) is 2.39. The Hall–Kier alpha value is -2.37. The van der Waals surface area contributed by atoms with Crippen LogP contribution in [0.2, 0.25) is 0 Å². The number of hydrogen-bond acceptors (Lipinski definition) is 5. The van der Waals surface area contributed by atoms with E-state index in [1.807, 2.05) is 27.7 Å². The van der Waals surface area contributed by atoms with Gasteiger partial charge in [-0.2, -0.15) is 0 Å². The molecule has 0 spiro atoms. The Morgan fingerprint density at radius 1 is 1.30 bits per heavy atom. The van der Waals surface area contributed by atoms with Crippen molar-refractivity contribution < 1.29 is 9.32 Å². The lowest BCUT2D eigenvalue weighted by molar-refractivity contribution is 0.0914. The average Bonchev–Trinajstić information content (AvgIpc) is 2.73. The standard InChI is InChI=1S/C14H18N4O2/c1-9-7-12(18-20-9)16-10-5-6-11(15-8-10)13(19)17-14(2,3)4/h5-8H,1-4H3,(H,16,18)(H,17,19). The molecule has 2 rings (SSSR count). The van der Waals surface area contributed by atoms with Gasteiger partial charge < -0.3 is 15.2 Å². The van der Waals surface area contributed by atoms with E-state index in [4.69, 9.17) is 4.52 Å². The van der Waals surface area contributed by atoms with Gasteiger partial charge in [0.05, 0.1) is 11.9 Å². The molecule has 2 aromatic heterocycles. The van der Waals surface area contributed by atoms with Gasteiger partial charge in [-0.3, -0.25) is 4.79 Å². The van der Waals surface area contributed by atoms with Crippen LogP contribution in [-0.2, 0) is 0 Å². The van der Waals surface area contributed by atoms with E-state index in [-0.39, 0.29) is 11.4 Å². The molecule has 0 bridgehead atoms. The minimum Gasteiger partial charge on any atom is -0.360 e. The summed E-state index contributed by atoms with van der Waals surface area (Å²) in [5.74, 6) is 1.14. The quantitative estimate of drug-likeness (QED) is 0.899. The van der Waals surface area contributed by atoms with Gasteiger partial charge in [-0.05, 0) is 39.8 Å². The molecule has 0 saturated heterocycles. The molecule has 0 aliphatic rings. The zero-order valence-corrected chi connectivity index (χ0v) is 12.0. The number of aryl methyl sites for hydroxylation is 1. The summed E-state index contributed by atoms with van der Waals surface area (Å²) in [7, 11) is 0. The van der Waals surface area contributed by atoms with Gasteiger partial charge in [0.1, 0.15) is 11.5 Å². The minimum absolute atomic E-state index is 0.193. The van der Waals surface area contributed by atoms with E-state index in [9.17, 15) is 4.79 Å². The second-order valence-corrected chi connectivity index (χ2v) is 5.58. The second-order valence-electron chi connectivity index (χ2n) is 5.58. The fraction of sp³-hybridized carbons (Fsp3) is 0.357. The van der Waals surface area contributed by atoms with Gasteiger partial charge in [0, 0.05) is 11.6 Å². The highest BCUT2D eigenvalue weighted by Gasteiger charge is 2.16. The number of nitrogens with zero attached hydrogens (tertiary/aromatic N) is 2. The summed E-state index contributed by atoms with van der Waals surface area (Å²) in [6, 6.07) is 5.21. The molecular weight excluding hydrogens is 256 g/mol. The molecule has 0 atom stereocenters. The van der Waals surface area contributed by atoms with Crippen LogP contribution in [0, 0.1) is 6.92 Å². The van der Waals surface area contributed by atoms with Gasteiger partial charge >= 0.3 is 0 Å². The molecule has 0 aliphatic carbocycles. The lowest BCUT2D eigenvalue weighted by Crippen LogP contribution is -2.40. The summed E-state index contributed by atoms with van der Waals surface area (Å²) < 4.78 is 4.96. The van der Waals surface area contributed by atoms with Gasteiger partial charge in [-0.15, -0.1) is 0 Å². The van der Waals surface area contributed by atoms with Crippen LogP contribution in [0.15, 0.2) is 28.9 Å². The highest BCUT2D eigenvalue weighted by Crippen LogP contribution is 2.15. The first-order chi connectivity index (χ1) is 9.33. The number of pyridine rings is 1. The topological polar surface area (TPSA) is 80.0 Å². The molecule has 1 amide bonds. The first-order valence-corrected chi connectivity index (χ1v) is 6.32. The van der Waals surface area contributed by atoms with Crippen LogP contribution in [-0.4, -0.2) is 21.6 Å². The average molecular weight is 274 g/mol. The van der Waals surface area contributed by atoms with Crippen LogP contribution >= 0.6 is 0 Å². The summed E-state index contributed by atoms with van der Waals surface area (Å²) in [5.41, 5.74) is 0.834. The number of aromatic nitrogens is 2. The Labute approximate surface area is 117 Å². The molecule has 0 aromatic carbocycles. The predicted molar refractivity (Wildman–Crippen MR) is 76.0 cm³/mol. The Kier molecular flexibility index (Phi) is 3.74. The Morgan fingerprint density at radius 3 is 2.55 bits per heavy atom. The second kappa shape index (κ2) is 5.32. The van der Waals surface area contributed by atoms with E-state index in [0.717, 1.165) is 11.4 Å². The van der Waals surface area contributed by atoms with Crippen molar-refractivity contribution in [3.8, 4) is 0 Å². The number of carbonyl (C=O) groups is 1. The summed E-state index contributed by atoms with van der Waals surface area (Å²) in [6.07, 6.45) is 1.58. The number of nitrogens with one attached hydrogen (secondary N) is 2. The summed E-state index contributed by atoms with van der Waals surface area (Å²) in [5, 5.41) is 9.72. The fourth-order valence-electron chi connectivity index (χ4n) is 1.58. The molecule has 0 unspecified atom stereocenters. The van der Waals surface area contributed by atoms with Crippen molar-refractivity contribution in [1.29, 1.82) is 0 Å². The highest BCUT2D eigenvalue weighted by atomic mass is 16.5. The maximum atomic E-state index is 11.9. The zero-order valence-electron chi connectivity index (χ0n) is 12.0. The third-order valence-electron chi connectivity index (χ3n) is 2.39. The van der Waals surface area contributed by atoms with E-state index < -0.39 is 0 Å². The van der Waals surface area contributed by atoms with Crippen LogP contribution in [0.3, 0.4) is 0 Å². The van der Waals surface area contributed by atoms with E-state index in [1.54, 1.807) is 24.4 Å². The Morgan fingerprint density at radius 2 is 2.05 bits per heavy atom. The van der Waals surface area contributed by atoms with Crippen LogP contribution in [0.25, 0.3) is 0 Å². The molecule has 6 nitrogen and oxygen atoms in total. The Bertz CT molecular complexity index is 596. The van der Waals surface area contributed by atoms with E-state index in [1.165, 1.54) is 0 Å². The SMILES string of the molecule is Cc1cc(Nc2ccc(C(=O)NC(C)(C)C)nc2)no1. The van der Waals surface area contributed by atoms with Crippen molar-refractivity contribution in [1.82, 2.24) is 15.5 Å². The maximum absolute atomic E-state index is 11.9. The molecule has 2 heterocycles. The van der Waals surface area contributed by atoms with Crippen LogP contribution in [0.4, 0.5) is 11.5 Å². The first-order valence-electron chi connectivity index (χ1n) is 6.32. The number of anilines is 2. The molecule has 0 saturated carbocycles. The van der Waals surface area contributed by atoms with Crippen LogP contribution in [0.1, 0.15) is 37.0 Å². The van der Waals surface area contributed by atoms with Gasteiger partial charge in [-0.25, -0.2) is 4.98 Å². The van der Waals surface area contributed by atoms with Crippen molar-refractivity contribution in [3.63, 3.8) is 0 Å². The third kappa shape index (κ3) is 3.81. The number of carbonyl (C=O) groups excluding carboxylic acids is 1. The molecule has 0 aliphatic heterocycles. The molecule has 6 heteroatoms. The summed E-state index contributed by atoms with van der Waals surface area (Å²) in [6.45, 7) is 7.59. The number of hydrogen-bond donors (Lipinski definition) is 2. The van der Waals surface area contributed by atoms with Crippen LogP contribution in [0.5, 0.6) is 0 Å².